The van der Waals surface area contributed by atoms with E-state index in [4.69, 9.17) is 31.2 Å². The molecule has 1 heterocycles. The normalized spacial score (nSPS) is 34.1. The molecular weight excluding hydrogens is 379 g/mol. The van der Waals surface area contributed by atoms with Gasteiger partial charge in [-0.05, 0) is 0 Å². The van der Waals surface area contributed by atoms with E-state index in [9.17, 15) is 18.3 Å². The lowest BCUT2D eigenvalue weighted by Gasteiger charge is -2.29. The first-order chi connectivity index (χ1) is 8.22. The summed E-state index contributed by atoms with van der Waals surface area (Å²) in [6.45, 7) is 0. The molecule has 0 aromatic heterocycles. The van der Waals surface area contributed by atoms with Crippen LogP contribution in [0.1, 0.15) is 0 Å². The number of alkyl halides is 1. The predicted octanol–water partition coefficient (Wildman–Crippen LogP) is 1.01. The second kappa shape index (κ2) is 5.57. The van der Waals surface area contributed by atoms with Gasteiger partial charge in [0, 0.05) is 0 Å². The summed E-state index contributed by atoms with van der Waals surface area (Å²) in [6.07, 6.45) is 0. The summed E-state index contributed by atoms with van der Waals surface area (Å²) in [4.78, 5) is 34.1. The van der Waals surface area contributed by atoms with Gasteiger partial charge >= 0.3 is 31.3 Å². The molecule has 19 heavy (non-hydrogen) atoms. The highest BCUT2D eigenvalue weighted by molar-refractivity contribution is 7.69. The molecule has 1 rings (SSSR count). The van der Waals surface area contributed by atoms with Crippen molar-refractivity contribution in [2.75, 3.05) is 0 Å². The van der Waals surface area contributed by atoms with Crippen molar-refractivity contribution >= 4 is 42.9 Å². The number of hydrogen-bond donors (Lipinski definition) is 4. The summed E-state index contributed by atoms with van der Waals surface area (Å²) >= 11 is 5.04. The van der Waals surface area contributed by atoms with Crippen LogP contribution in [0.25, 0.3) is 0 Å². The molecule has 114 valence electrons. The summed E-state index contributed by atoms with van der Waals surface area (Å²) in [6, 6.07) is 0. The van der Waals surface area contributed by atoms with Gasteiger partial charge in [0.2, 0.25) is 0 Å². The molecule has 0 aromatic rings. The Morgan fingerprint density at radius 3 is 1.84 bits per heavy atom. The van der Waals surface area contributed by atoms with Gasteiger partial charge in [-0.25, -0.2) is 27.3 Å². The molecule has 13 nitrogen and oxygen atoms in total. The zero-order valence-electron chi connectivity index (χ0n) is 8.21. The maximum absolute atomic E-state index is 11.1. The van der Waals surface area contributed by atoms with Crippen LogP contribution in [0.15, 0.2) is 0 Å². The molecule has 18 heteroatoms. The molecule has 0 amide bonds. The topological polar surface area (TPSA) is 195 Å². The third-order valence-corrected chi connectivity index (χ3v) is 7.32. The summed E-state index contributed by atoms with van der Waals surface area (Å²) in [5, 5.41) is 0. The minimum Gasteiger partial charge on any atom is -0.302 e. The van der Waals surface area contributed by atoms with E-state index in [1.165, 1.54) is 0 Å². The largest absolute Gasteiger partial charge is 0.490 e. The smallest absolute Gasteiger partial charge is 0.302 e. The van der Waals surface area contributed by atoms with Crippen molar-refractivity contribution in [3.05, 3.63) is 0 Å². The number of phosphoric ester groups is 1. The Hall–Kier alpha value is 0.850. The van der Waals surface area contributed by atoms with Crippen molar-refractivity contribution in [2.45, 2.75) is 5.75 Å². The molecule has 0 aliphatic carbocycles. The minimum absolute atomic E-state index is 1.53. The van der Waals surface area contributed by atoms with Crippen LogP contribution in [0.3, 0.4) is 0 Å². The van der Waals surface area contributed by atoms with E-state index >= 15 is 0 Å². The molecule has 1 saturated heterocycles. The van der Waals surface area contributed by atoms with Crippen LogP contribution in [-0.4, -0.2) is 25.3 Å². The molecule has 0 saturated carbocycles. The Kier molecular flexibility index (Phi) is 5.24. The fourth-order valence-electron chi connectivity index (χ4n) is 0.670. The highest BCUT2D eigenvalue weighted by Gasteiger charge is 2.52. The van der Waals surface area contributed by atoms with Crippen LogP contribution in [0.2, 0.25) is 0 Å². The van der Waals surface area contributed by atoms with Crippen LogP contribution in [0.5, 0.6) is 0 Å². The lowest BCUT2D eigenvalue weighted by atomic mass is 11.5. The Labute approximate surface area is 109 Å². The molecule has 1 aliphatic heterocycles. The van der Waals surface area contributed by atoms with Gasteiger partial charge in [-0.2, -0.15) is 12.9 Å². The van der Waals surface area contributed by atoms with E-state index < -0.39 is 37.0 Å². The Morgan fingerprint density at radius 1 is 1.00 bits per heavy atom. The van der Waals surface area contributed by atoms with Crippen molar-refractivity contribution in [1.82, 2.24) is 0 Å². The molecule has 4 N–H and O–H groups in total. The minimum atomic E-state index is -5.69. The molecule has 2 atom stereocenters. The quantitative estimate of drug-likeness (QED) is 0.374. The van der Waals surface area contributed by atoms with Gasteiger partial charge in [0.15, 0.2) is 0 Å². The third-order valence-electron chi connectivity index (χ3n) is 1.04. The second-order valence-electron chi connectivity index (χ2n) is 2.61. The van der Waals surface area contributed by atoms with Crippen molar-refractivity contribution < 1.29 is 59.8 Å². The van der Waals surface area contributed by atoms with Crippen molar-refractivity contribution in [1.29, 1.82) is 0 Å². The molecule has 0 bridgehead atoms. The van der Waals surface area contributed by atoms with E-state index in [0.717, 1.165) is 0 Å². The van der Waals surface area contributed by atoms with Crippen LogP contribution in [-0.2, 0) is 40.2 Å². The predicted molar refractivity (Wildman–Crippen MR) is 54.4 cm³/mol. The number of hydrogen-bond acceptors (Lipinski definition) is 9. The summed E-state index contributed by atoms with van der Waals surface area (Å²) in [7, 11) is -21.3. The van der Waals surface area contributed by atoms with E-state index in [1.807, 2.05) is 0 Å². The summed E-state index contributed by atoms with van der Waals surface area (Å²) in [5.41, 5.74) is 0. The average Bonchev–Trinajstić information content (AvgIpc) is 1.89. The summed E-state index contributed by atoms with van der Waals surface area (Å²) < 4.78 is 61.9. The van der Waals surface area contributed by atoms with Crippen LogP contribution in [0.4, 0.5) is 0 Å². The summed E-state index contributed by atoms with van der Waals surface area (Å²) in [5.74, 6) is -1.53. The molecule has 1 fully saturated rings. The molecule has 0 radical (unpaired) electrons. The van der Waals surface area contributed by atoms with E-state index in [1.54, 1.807) is 0 Å². The fourth-order valence-corrected chi connectivity index (χ4v) is 5.89. The maximum Gasteiger partial charge on any atom is 0.490 e. The Balaban J connectivity index is 2.69. The lowest BCUT2D eigenvalue weighted by molar-refractivity contribution is -0.0595. The zero-order valence-corrected chi connectivity index (χ0v) is 12.5. The van der Waals surface area contributed by atoms with Crippen molar-refractivity contribution in [3.63, 3.8) is 0 Å². The highest BCUT2D eigenvalue weighted by Crippen LogP contribution is 2.74. The first-order valence-electron chi connectivity index (χ1n) is 3.68. The average molecular weight is 384 g/mol. The van der Waals surface area contributed by atoms with Gasteiger partial charge in [-0.15, -0.1) is 0 Å². The van der Waals surface area contributed by atoms with E-state index in [0.29, 0.717) is 0 Å². The maximum atomic E-state index is 11.1. The standard InChI is InChI=1S/CH5ClO13P4/c2-1-11-19(10,12-1)15-18(8,9)14-17(6,7)13-16(3,4)5/h1H,(H,6,7)(H,8,9)(H2,3,4,5). The number of phosphoric acid groups is 4. The van der Waals surface area contributed by atoms with Crippen molar-refractivity contribution in [3.8, 4) is 0 Å². The zero-order chi connectivity index (χ0) is 15.1. The third kappa shape index (κ3) is 6.43. The SMILES string of the molecule is O=P(O)(O)OP(=O)(O)OP(=O)(O)OP1(=O)OC(Cl)O1. The highest BCUT2D eigenvalue weighted by atomic mass is 35.5. The lowest BCUT2D eigenvalue weighted by Crippen LogP contribution is -2.20. The monoisotopic (exact) mass is 384 g/mol. The van der Waals surface area contributed by atoms with Crippen LogP contribution >= 0.6 is 42.9 Å². The van der Waals surface area contributed by atoms with Gasteiger partial charge in [-0.3, -0.25) is 0 Å². The van der Waals surface area contributed by atoms with Gasteiger partial charge in [-0.1, -0.05) is 11.6 Å². The molecule has 0 spiro atoms. The fraction of sp³-hybridized carbons (Fsp3) is 1.00. The van der Waals surface area contributed by atoms with Crippen LogP contribution < -0.4 is 0 Å². The van der Waals surface area contributed by atoms with Gasteiger partial charge in [0.05, 0.1) is 0 Å². The molecule has 1 aliphatic rings. The van der Waals surface area contributed by atoms with Crippen LogP contribution in [0, 0.1) is 0 Å². The first kappa shape index (κ1) is 17.9. The number of rotatable bonds is 6. The van der Waals surface area contributed by atoms with Gasteiger partial charge < -0.3 is 19.6 Å². The second-order valence-corrected chi connectivity index (χ2v) is 9.09. The first-order valence-corrected chi connectivity index (χ1v) is 10.1. The van der Waals surface area contributed by atoms with Gasteiger partial charge in [0.1, 0.15) is 0 Å². The molecular formula is CH5ClO13P4. The molecule has 2 unspecified atom stereocenters. The van der Waals surface area contributed by atoms with Gasteiger partial charge in [0.25, 0.3) is 5.75 Å². The molecule has 0 aromatic carbocycles. The Bertz CT molecular complexity index is 521. The van der Waals surface area contributed by atoms with E-state index in [-0.39, 0.29) is 0 Å². The van der Waals surface area contributed by atoms with E-state index in [2.05, 4.69) is 22.0 Å². The number of halogens is 1. The van der Waals surface area contributed by atoms with Crippen molar-refractivity contribution in [2.24, 2.45) is 0 Å². The Morgan fingerprint density at radius 2 is 1.47 bits per heavy atom.